The molecule has 0 spiro atoms. The van der Waals surface area contributed by atoms with E-state index >= 15 is 0 Å². The summed E-state index contributed by atoms with van der Waals surface area (Å²) in [6.07, 6.45) is 1.06. The van der Waals surface area contributed by atoms with Gasteiger partial charge in [0.15, 0.2) is 5.69 Å². The molecule has 1 aromatic heterocycles. The molecule has 1 amide bonds. The number of aromatic carboxylic acids is 1. The van der Waals surface area contributed by atoms with Crippen LogP contribution in [0.15, 0.2) is 10.7 Å². The molecule has 0 bridgehead atoms. The van der Waals surface area contributed by atoms with Gasteiger partial charge in [-0.3, -0.25) is 4.79 Å². The Morgan fingerprint density at radius 1 is 1.56 bits per heavy atom. The fraction of sp³-hybridized carbons (Fsp3) is 0.545. The van der Waals surface area contributed by atoms with Gasteiger partial charge in [-0.2, -0.15) is 4.98 Å². The van der Waals surface area contributed by atoms with Crippen molar-refractivity contribution in [3.05, 3.63) is 12.0 Å². The van der Waals surface area contributed by atoms with Crippen LogP contribution in [-0.2, 0) is 4.79 Å². The average molecular weight is 255 g/mol. The molecule has 7 heteroatoms. The Bertz CT molecular complexity index is 428. The van der Waals surface area contributed by atoms with Crippen LogP contribution in [0.25, 0.3) is 0 Å². The van der Waals surface area contributed by atoms with Gasteiger partial charge in [-0.1, -0.05) is 0 Å². The molecule has 1 rings (SSSR count). The Morgan fingerprint density at radius 3 is 2.67 bits per heavy atom. The van der Waals surface area contributed by atoms with E-state index < -0.39 is 5.97 Å². The second-order valence-corrected chi connectivity index (χ2v) is 4.06. The predicted octanol–water partition coefficient (Wildman–Crippen LogP) is 0.724. The maximum Gasteiger partial charge on any atom is 0.357 e. The van der Waals surface area contributed by atoms with Gasteiger partial charge in [-0.05, 0) is 20.8 Å². The first-order valence-electron chi connectivity index (χ1n) is 5.67. The third-order valence-electron chi connectivity index (χ3n) is 2.15. The lowest BCUT2D eigenvalue weighted by Crippen LogP contribution is -2.40. The number of nitrogens with zero attached hydrogens (tertiary/aromatic N) is 2. The molecule has 1 aromatic rings. The quantitative estimate of drug-likeness (QED) is 0.777. The molecule has 0 unspecified atom stereocenters. The van der Waals surface area contributed by atoms with Gasteiger partial charge in [0, 0.05) is 12.6 Å². The number of carboxylic acids is 1. The van der Waals surface area contributed by atoms with E-state index in [1.807, 2.05) is 20.8 Å². The summed E-state index contributed by atoms with van der Waals surface area (Å²) in [6, 6.07) is 0.184. The van der Waals surface area contributed by atoms with Gasteiger partial charge in [-0.15, -0.1) is 0 Å². The summed E-state index contributed by atoms with van der Waals surface area (Å²) >= 11 is 0. The first kappa shape index (κ1) is 14.0. The van der Waals surface area contributed by atoms with Crippen LogP contribution >= 0.6 is 0 Å². The molecular weight excluding hydrogens is 238 g/mol. The van der Waals surface area contributed by atoms with Crippen LogP contribution in [0.3, 0.4) is 0 Å². The first-order chi connectivity index (χ1) is 8.43. The van der Waals surface area contributed by atoms with Gasteiger partial charge in [0.1, 0.15) is 12.8 Å². The van der Waals surface area contributed by atoms with Crippen LogP contribution in [0, 0.1) is 0 Å². The fourth-order valence-electron chi connectivity index (χ4n) is 1.36. The highest BCUT2D eigenvalue weighted by Gasteiger charge is 2.17. The summed E-state index contributed by atoms with van der Waals surface area (Å²) < 4.78 is 5.04. The minimum atomic E-state index is -1.16. The first-order valence-corrected chi connectivity index (χ1v) is 5.67. The third kappa shape index (κ3) is 3.76. The molecule has 0 aliphatic rings. The smallest absolute Gasteiger partial charge is 0.357 e. The van der Waals surface area contributed by atoms with Gasteiger partial charge >= 0.3 is 5.97 Å². The lowest BCUT2D eigenvalue weighted by atomic mass is 10.4. The largest absolute Gasteiger partial charge is 0.476 e. The fourth-order valence-corrected chi connectivity index (χ4v) is 1.36. The van der Waals surface area contributed by atoms with Gasteiger partial charge in [0.2, 0.25) is 5.91 Å². The molecular formula is C11H17N3O4. The van der Waals surface area contributed by atoms with E-state index in [1.165, 1.54) is 0 Å². The molecule has 0 atom stereocenters. The molecule has 7 nitrogen and oxygen atoms in total. The summed E-state index contributed by atoms with van der Waals surface area (Å²) in [7, 11) is 0. The van der Waals surface area contributed by atoms with Crippen molar-refractivity contribution in [2.24, 2.45) is 0 Å². The van der Waals surface area contributed by atoms with Crippen molar-refractivity contribution in [1.29, 1.82) is 0 Å². The van der Waals surface area contributed by atoms with Crippen LogP contribution in [0.2, 0.25) is 0 Å². The van der Waals surface area contributed by atoms with Crippen LogP contribution in [0.5, 0.6) is 0 Å². The highest BCUT2D eigenvalue weighted by Crippen LogP contribution is 2.13. The molecule has 0 aliphatic heterocycles. The van der Waals surface area contributed by atoms with Crippen molar-refractivity contribution in [1.82, 2.24) is 10.3 Å². The van der Waals surface area contributed by atoms with Crippen LogP contribution in [0.4, 0.5) is 6.01 Å². The maximum absolute atomic E-state index is 11.6. The minimum Gasteiger partial charge on any atom is -0.476 e. The number of carbonyl (C=O) groups excluding carboxylic acids is 1. The molecule has 2 N–H and O–H groups in total. The summed E-state index contributed by atoms with van der Waals surface area (Å²) in [5.74, 6) is -1.32. The lowest BCUT2D eigenvalue weighted by molar-refractivity contribution is -0.120. The standard InChI is InChI=1S/C11H17N3O4/c1-4-14(5-9(15)12-7(2)3)11-13-8(6-18-11)10(16)17/h6-7H,4-5H2,1-3H3,(H,12,15)(H,16,17). The molecule has 0 fully saturated rings. The number of hydrogen-bond acceptors (Lipinski definition) is 5. The van der Waals surface area contributed by atoms with Crippen molar-refractivity contribution in [2.45, 2.75) is 26.8 Å². The number of aromatic nitrogens is 1. The van der Waals surface area contributed by atoms with E-state index in [4.69, 9.17) is 9.52 Å². The van der Waals surface area contributed by atoms with Crippen LogP contribution < -0.4 is 10.2 Å². The Kier molecular flexibility index (Phi) is 4.70. The zero-order chi connectivity index (χ0) is 13.7. The van der Waals surface area contributed by atoms with Crippen molar-refractivity contribution < 1.29 is 19.1 Å². The molecule has 0 aliphatic carbocycles. The number of anilines is 1. The lowest BCUT2D eigenvalue weighted by Gasteiger charge is -2.18. The van der Waals surface area contributed by atoms with E-state index in [0.717, 1.165) is 6.26 Å². The van der Waals surface area contributed by atoms with Crippen LogP contribution in [0.1, 0.15) is 31.3 Å². The summed E-state index contributed by atoms with van der Waals surface area (Å²) in [5, 5.41) is 11.5. The molecule has 0 aromatic carbocycles. The van der Waals surface area contributed by atoms with Crippen molar-refractivity contribution in [3.63, 3.8) is 0 Å². The number of likely N-dealkylation sites (N-methyl/N-ethyl adjacent to an activating group) is 1. The van der Waals surface area contributed by atoms with E-state index in [0.29, 0.717) is 6.54 Å². The van der Waals surface area contributed by atoms with Gasteiger partial charge in [-0.25, -0.2) is 4.79 Å². The van der Waals surface area contributed by atoms with E-state index in [-0.39, 0.29) is 30.2 Å². The Labute approximate surface area is 105 Å². The number of rotatable bonds is 6. The molecule has 0 saturated heterocycles. The van der Waals surface area contributed by atoms with Crippen molar-refractivity contribution in [3.8, 4) is 0 Å². The Balaban J connectivity index is 2.70. The number of oxazole rings is 1. The van der Waals surface area contributed by atoms with E-state index in [1.54, 1.807) is 4.90 Å². The molecule has 18 heavy (non-hydrogen) atoms. The topological polar surface area (TPSA) is 95.7 Å². The number of carbonyl (C=O) groups is 2. The summed E-state index contributed by atoms with van der Waals surface area (Å²) in [6.45, 7) is 6.12. The maximum atomic E-state index is 11.6. The zero-order valence-corrected chi connectivity index (χ0v) is 10.6. The minimum absolute atomic E-state index is 0.0512. The Morgan fingerprint density at radius 2 is 2.22 bits per heavy atom. The van der Waals surface area contributed by atoms with Gasteiger partial charge in [0.05, 0.1) is 0 Å². The highest BCUT2D eigenvalue weighted by atomic mass is 16.4. The monoisotopic (exact) mass is 255 g/mol. The van der Waals surface area contributed by atoms with Gasteiger partial charge in [0.25, 0.3) is 6.01 Å². The van der Waals surface area contributed by atoms with Crippen LogP contribution in [-0.4, -0.2) is 41.1 Å². The van der Waals surface area contributed by atoms with E-state index in [9.17, 15) is 9.59 Å². The normalized spacial score (nSPS) is 10.4. The SMILES string of the molecule is CCN(CC(=O)NC(C)C)c1nc(C(=O)O)co1. The molecule has 1 heterocycles. The Hall–Kier alpha value is -2.05. The number of amides is 1. The third-order valence-corrected chi connectivity index (χ3v) is 2.15. The molecule has 100 valence electrons. The van der Waals surface area contributed by atoms with Crippen molar-refractivity contribution in [2.75, 3.05) is 18.0 Å². The zero-order valence-electron chi connectivity index (χ0n) is 10.6. The highest BCUT2D eigenvalue weighted by molar-refractivity contribution is 5.85. The predicted molar refractivity (Wildman–Crippen MR) is 64.6 cm³/mol. The molecule has 0 radical (unpaired) electrons. The van der Waals surface area contributed by atoms with Crippen molar-refractivity contribution >= 4 is 17.9 Å². The number of hydrogen-bond donors (Lipinski definition) is 2. The summed E-state index contributed by atoms with van der Waals surface area (Å²) in [4.78, 5) is 27.6. The number of nitrogens with one attached hydrogen (secondary N) is 1. The van der Waals surface area contributed by atoms with E-state index in [2.05, 4.69) is 10.3 Å². The summed E-state index contributed by atoms with van der Waals surface area (Å²) in [5.41, 5.74) is -0.173. The molecule has 0 saturated carbocycles. The second-order valence-electron chi connectivity index (χ2n) is 4.06. The van der Waals surface area contributed by atoms with Gasteiger partial charge < -0.3 is 19.7 Å². The second kappa shape index (κ2) is 6.04. The number of carboxylic acid groups (broad SMARTS) is 1. The average Bonchev–Trinajstić information content (AvgIpc) is 2.74.